The van der Waals surface area contributed by atoms with Gasteiger partial charge in [0.1, 0.15) is 0 Å². The van der Waals surface area contributed by atoms with Gasteiger partial charge in [-0.15, -0.1) is 0 Å². The number of benzene rings is 4. The van der Waals surface area contributed by atoms with E-state index in [-0.39, 0.29) is 14.9 Å². The molecule has 0 bridgehead atoms. The molecular weight excluding hydrogens is 897 g/mol. The van der Waals surface area contributed by atoms with Crippen molar-refractivity contribution in [3.63, 3.8) is 0 Å². The molecule has 0 N–H and O–H groups in total. The van der Waals surface area contributed by atoms with Crippen LogP contribution in [0.4, 0.5) is 0 Å². The maximum atomic E-state index is 5.48. The molecule has 0 saturated heterocycles. The van der Waals surface area contributed by atoms with Crippen LogP contribution in [0.5, 0.6) is 0 Å². The molecule has 5 nitrogen and oxygen atoms in total. The second-order valence-corrected chi connectivity index (χ2v) is 18.8. The van der Waals surface area contributed by atoms with Crippen molar-refractivity contribution < 1.29 is 23.7 Å². The summed E-state index contributed by atoms with van der Waals surface area (Å²) < 4.78 is 25.9. The first-order valence-corrected chi connectivity index (χ1v) is 27.6. The average molecular weight is 1030 g/mol. The number of hydrogen-bond donors (Lipinski definition) is 0. The Bertz CT molecular complexity index is 1320. The minimum Gasteiger partial charge on any atom is -0.382 e. The summed E-state index contributed by atoms with van der Waals surface area (Å²) in [6.07, 6.45) is 2.28. The fraction of sp³-hybridized carbons (Fsp3) is 0.647. The van der Waals surface area contributed by atoms with E-state index in [1.165, 1.54) is 28.7 Å². The molecule has 0 spiro atoms. The Balaban J connectivity index is -0.0000000780. The highest BCUT2D eigenvalue weighted by Crippen LogP contribution is 2.07. The molecule has 4 aromatic carbocycles. The van der Waals surface area contributed by atoms with Gasteiger partial charge in [0.25, 0.3) is 0 Å². The normalized spacial score (nSPS) is 9.10. The summed E-state index contributed by atoms with van der Waals surface area (Å²) in [5, 5.41) is 0. The summed E-state index contributed by atoms with van der Waals surface area (Å²) in [5.41, 5.74) is 5.18. The highest BCUT2D eigenvalue weighted by molar-refractivity contribution is 5.16. The van der Waals surface area contributed by atoms with Gasteiger partial charge >= 0.3 is 0 Å². The molecule has 0 radical (unpaired) electrons. The largest absolute Gasteiger partial charge is 0.382 e. The number of ether oxygens (including phenoxy) is 5. The fourth-order valence-electron chi connectivity index (χ4n) is 3.90. The molecule has 0 unspecified atom stereocenters. The lowest BCUT2D eigenvalue weighted by Gasteiger charge is -2.06. The van der Waals surface area contributed by atoms with Crippen LogP contribution in [0.3, 0.4) is 0 Å². The molecule has 0 aliphatic heterocycles. The van der Waals surface area contributed by atoms with Gasteiger partial charge in [-0.2, -0.15) is 0 Å². The monoisotopic (exact) mass is 1030 g/mol. The van der Waals surface area contributed by atoms with Crippen LogP contribution in [0.25, 0.3) is 0 Å². The molecule has 0 atom stereocenters. The third kappa shape index (κ3) is 106. The van der Waals surface area contributed by atoms with Crippen molar-refractivity contribution in [3.8, 4) is 0 Å². The Labute approximate surface area is 461 Å². The Morgan fingerprint density at radius 1 is 0.301 bits per heavy atom. The van der Waals surface area contributed by atoms with Gasteiger partial charge < -0.3 is 23.7 Å². The highest BCUT2D eigenvalue weighted by atomic mass is 16.5. The van der Waals surface area contributed by atoms with Gasteiger partial charge in [-0.3, -0.25) is 0 Å². The molecule has 0 saturated carbocycles. The van der Waals surface area contributed by atoms with Crippen LogP contribution in [0.15, 0.2) is 121 Å². The zero-order chi connectivity index (χ0) is 56.8. The summed E-state index contributed by atoms with van der Waals surface area (Å²) in [5.74, 6) is 3.67. The lowest BCUT2D eigenvalue weighted by molar-refractivity contribution is 0.0657. The average Bonchev–Trinajstić information content (AvgIpc) is 3.35. The molecule has 0 amide bonds. The number of hydrogen-bond acceptors (Lipinski definition) is 5. The maximum Gasteiger partial charge on any atom is 0.0720 e. The van der Waals surface area contributed by atoms with Crippen molar-refractivity contribution in [3.05, 3.63) is 144 Å². The van der Waals surface area contributed by atoms with Crippen LogP contribution in [0, 0.1) is 29.6 Å². The van der Waals surface area contributed by atoms with E-state index in [4.69, 9.17) is 23.7 Å². The SMILES string of the molecule is C.C.CC.CC.CC.CC.CC(C)C.CC(C)C.CC(C)COCc1ccccc1.CC(C)COCc1ccccc1.CC(C)Cc1ccccc1.CC(C)OCc1ccccc1.COC(C)C.COC(C)C. The van der Waals surface area contributed by atoms with Gasteiger partial charge in [0.05, 0.1) is 38.1 Å². The van der Waals surface area contributed by atoms with Gasteiger partial charge in [0.2, 0.25) is 0 Å². The van der Waals surface area contributed by atoms with Gasteiger partial charge in [-0.1, -0.05) is 275 Å². The van der Waals surface area contributed by atoms with Crippen molar-refractivity contribution in [2.24, 2.45) is 29.6 Å². The van der Waals surface area contributed by atoms with E-state index >= 15 is 0 Å². The lowest BCUT2D eigenvalue weighted by atomic mass is 10.0. The quantitative estimate of drug-likeness (QED) is 0.119. The van der Waals surface area contributed by atoms with E-state index in [0.717, 1.165) is 50.8 Å². The summed E-state index contributed by atoms with van der Waals surface area (Å²) in [4.78, 5) is 0. The first kappa shape index (κ1) is 92.3. The molecule has 0 aromatic heterocycles. The third-order valence-electron chi connectivity index (χ3n) is 6.98. The molecule has 0 aliphatic rings. The molecular formula is C68H132O5. The van der Waals surface area contributed by atoms with Crippen molar-refractivity contribution in [1.82, 2.24) is 0 Å². The Morgan fingerprint density at radius 3 is 0.685 bits per heavy atom. The molecule has 4 rings (SSSR count). The van der Waals surface area contributed by atoms with Crippen LogP contribution in [0.1, 0.15) is 217 Å². The van der Waals surface area contributed by atoms with Crippen LogP contribution in [-0.4, -0.2) is 45.7 Å². The molecule has 0 aliphatic carbocycles. The zero-order valence-electron chi connectivity index (χ0n) is 52.4. The molecule has 434 valence electrons. The van der Waals surface area contributed by atoms with E-state index in [9.17, 15) is 0 Å². The van der Waals surface area contributed by atoms with E-state index in [1.54, 1.807) is 14.2 Å². The first-order chi connectivity index (χ1) is 33.7. The third-order valence-corrected chi connectivity index (χ3v) is 6.98. The molecule has 0 heterocycles. The topological polar surface area (TPSA) is 46.2 Å². The van der Waals surface area contributed by atoms with Crippen molar-refractivity contribution in [2.75, 3.05) is 27.4 Å². The Hall–Kier alpha value is -3.32. The standard InChI is InChI=1S/2C11H16O.C10H14O.C10H14.2C4H10O.2C4H10.4C2H6.2CH4/c2*1-10(2)8-12-9-11-6-4-3-5-7-11;1-9(2)11-8-10-6-4-3-5-7-10;1-9(2)8-10-6-4-3-5-7-10;2*1-4(2)5-3;2*1-4(2)3;4*1-2;;/h2*3-7,10H,8-9H2,1-2H3;3-7,9H,8H2,1-2H3;3-7,9H,8H2,1-2H3;2*4H,1-3H3;2*4H,1-3H3;4*1-2H3;2*1H4. The van der Waals surface area contributed by atoms with E-state index in [0.29, 0.717) is 30.1 Å². The van der Waals surface area contributed by atoms with Crippen LogP contribution in [-0.2, 0) is 49.9 Å². The summed E-state index contributed by atoms with van der Waals surface area (Å²) >= 11 is 0. The van der Waals surface area contributed by atoms with E-state index < -0.39 is 0 Å². The van der Waals surface area contributed by atoms with Crippen LogP contribution >= 0.6 is 0 Å². The van der Waals surface area contributed by atoms with Gasteiger partial charge in [-0.05, 0) is 99.8 Å². The van der Waals surface area contributed by atoms with Gasteiger partial charge in [0.15, 0.2) is 0 Å². The van der Waals surface area contributed by atoms with Crippen LogP contribution in [0.2, 0.25) is 0 Å². The highest BCUT2D eigenvalue weighted by Gasteiger charge is 1.97. The zero-order valence-corrected chi connectivity index (χ0v) is 52.4. The maximum absolute atomic E-state index is 5.48. The first-order valence-electron chi connectivity index (χ1n) is 27.6. The summed E-state index contributed by atoms with van der Waals surface area (Å²) in [7, 11) is 3.40. The van der Waals surface area contributed by atoms with Crippen LogP contribution < -0.4 is 0 Å². The summed E-state index contributed by atoms with van der Waals surface area (Å²) in [6.45, 7) is 58.1. The summed E-state index contributed by atoms with van der Waals surface area (Å²) in [6, 6.07) is 41.3. The van der Waals surface area contributed by atoms with Crippen molar-refractivity contribution in [1.29, 1.82) is 0 Å². The molecule has 0 fully saturated rings. The molecule has 5 heteroatoms. The minimum atomic E-state index is 0. The number of rotatable bonds is 15. The fourth-order valence-corrected chi connectivity index (χ4v) is 3.90. The second-order valence-electron chi connectivity index (χ2n) is 18.8. The van der Waals surface area contributed by atoms with E-state index in [1.807, 2.05) is 152 Å². The lowest BCUT2D eigenvalue weighted by Crippen LogP contribution is -2.01. The predicted octanol–water partition coefficient (Wildman–Crippen LogP) is 22.0. The second kappa shape index (κ2) is 77.6. The van der Waals surface area contributed by atoms with Gasteiger partial charge in [-0.25, -0.2) is 0 Å². The smallest absolute Gasteiger partial charge is 0.0720 e. The minimum absolute atomic E-state index is 0. The van der Waals surface area contributed by atoms with Crippen molar-refractivity contribution in [2.45, 2.75) is 239 Å². The number of methoxy groups -OCH3 is 2. The van der Waals surface area contributed by atoms with Crippen molar-refractivity contribution >= 4 is 0 Å². The predicted molar refractivity (Wildman–Crippen MR) is 337 cm³/mol. The molecule has 4 aromatic rings. The Kier molecular flexibility index (Phi) is 98.1. The van der Waals surface area contributed by atoms with E-state index in [2.05, 4.69) is 150 Å². The Morgan fingerprint density at radius 2 is 0.507 bits per heavy atom. The van der Waals surface area contributed by atoms with Gasteiger partial charge in [0, 0.05) is 27.4 Å². The molecule has 73 heavy (non-hydrogen) atoms.